The fourth-order valence-electron chi connectivity index (χ4n) is 3.86. The number of carboxylic acid groups (broad SMARTS) is 1. The van der Waals surface area contributed by atoms with E-state index in [4.69, 9.17) is 0 Å². The van der Waals surface area contributed by atoms with E-state index in [0.717, 1.165) is 22.0 Å². The van der Waals surface area contributed by atoms with Crippen molar-refractivity contribution in [2.75, 3.05) is 10.6 Å². The second kappa shape index (κ2) is 9.87. The highest BCUT2D eigenvalue weighted by molar-refractivity contribution is 6.00. The number of aromatic carboxylic acids is 1. The number of anilines is 2. The molecular weight excluding hydrogens is 452 g/mol. The minimum absolute atomic E-state index is 0.187. The summed E-state index contributed by atoms with van der Waals surface area (Å²) in [6.07, 6.45) is 5.03. The number of urea groups is 1. The summed E-state index contributed by atoms with van der Waals surface area (Å²) in [6, 6.07) is 23.0. The third kappa shape index (κ3) is 4.93. The van der Waals surface area contributed by atoms with E-state index in [-0.39, 0.29) is 11.6 Å². The van der Waals surface area contributed by atoms with Gasteiger partial charge in [-0.1, -0.05) is 30.0 Å². The van der Waals surface area contributed by atoms with Gasteiger partial charge in [-0.05, 0) is 71.6 Å². The fourth-order valence-corrected chi connectivity index (χ4v) is 3.86. The Bertz CT molecular complexity index is 1630. The Hall–Kier alpha value is -5.35. The molecule has 0 unspecified atom stereocenters. The van der Waals surface area contributed by atoms with Gasteiger partial charge in [-0.3, -0.25) is 4.98 Å². The average molecular weight is 473 g/mol. The van der Waals surface area contributed by atoms with Crippen LogP contribution in [-0.2, 0) is 0 Å². The fraction of sp³-hybridized carbons (Fsp3) is 0. The lowest BCUT2D eigenvalue weighted by Crippen LogP contribution is -2.19. The van der Waals surface area contributed by atoms with Crippen molar-refractivity contribution in [3.8, 4) is 23.0 Å². The van der Waals surface area contributed by atoms with Crippen molar-refractivity contribution in [1.82, 2.24) is 9.97 Å². The summed E-state index contributed by atoms with van der Waals surface area (Å²) in [5.41, 5.74) is 4.97. The minimum atomic E-state index is -1.01. The number of aromatic amines is 1. The van der Waals surface area contributed by atoms with Crippen molar-refractivity contribution >= 4 is 34.3 Å². The Balaban J connectivity index is 1.39. The molecular formula is C29H20N4O3. The molecule has 0 radical (unpaired) electrons. The summed E-state index contributed by atoms with van der Waals surface area (Å²) in [6.45, 7) is 0. The van der Waals surface area contributed by atoms with Crippen LogP contribution >= 0.6 is 0 Å². The number of hydrogen-bond donors (Lipinski definition) is 4. The van der Waals surface area contributed by atoms with Gasteiger partial charge in [0.25, 0.3) is 0 Å². The first kappa shape index (κ1) is 22.4. The molecule has 0 atom stereocenters. The topological polar surface area (TPSA) is 107 Å². The number of H-pyrrole nitrogens is 1. The smallest absolute Gasteiger partial charge is 0.336 e. The predicted octanol–water partition coefficient (Wildman–Crippen LogP) is 5.97. The van der Waals surface area contributed by atoms with Gasteiger partial charge >= 0.3 is 12.0 Å². The van der Waals surface area contributed by atoms with E-state index < -0.39 is 5.97 Å². The van der Waals surface area contributed by atoms with E-state index >= 15 is 0 Å². The number of hydrogen-bond acceptors (Lipinski definition) is 3. The first-order valence-electron chi connectivity index (χ1n) is 11.1. The molecule has 7 nitrogen and oxygen atoms in total. The quantitative estimate of drug-likeness (QED) is 0.242. The molecule has 0 bridgehead atoms. The Morgan fingerprint density at radius 3 is 2.47 bits per heavy atom. The first-order valence-corrected chi connectivity index (χ1v) is 11.1. The standard InChI is InChI=1S/C29H20N4O3/c34-28(35)25-5-1-3-21(27(25)22-11-10-20-14-16-31-26(20)17-22)9-6-19-7-12-23(13-8-19)32-29(36)33-24-4-2-15-30-18-24/h1-5,7-8,10-18,31H,(H,34,35)(H2,32,33,36). The van der Waals surface area contributed by atoms with E-state index in [0.29, 0.717) is 22.5 Å². The highest BCUT2D eigenvalue weighted by Crippen LogP contribution is 2.30. The summed E-state index contributed by atoms with van der Waals surface area (Å²) in [7, 11) is 0. The lowest BCUT2D eigenvalue weighted by Gasteiger charge is -2.10. The van der Waals surface area contributed by atoms with E-state index in [2.05, 4.69) is 32.4 Å². The van der Waals surface area contributed by atoms with Crippen LogP contribution in [0.25, 0.3) is 22.0 Å². The molecule has 5 aromatic rings. The van der Waals surface area contributed by atoms with Crippen molar-refractivity contribution in [2.24, 2.45) is 0 Å². The summed E-state index contributed by atoms with van der Waals surface area (Å²) >= 11 is 0. The normalized spacial score (nSPS) is 10.3. The van der Waals surface area contributed by atoms with Crippen molar-refractivity contribution in [3.63, 3.8) is 0 Å². The number of nitrogens with one attached hydrogen (secondary N) is 3. The predicted molar refractivity (Wildman–Crippen MR) is 140 cm³/mol. The Morgan fingerprint density at radius 2 is 1.69 bits per heavy atom. The molecule has 2 amide bonds. The van der Waals surface area contributed by atoms with Crippen molar-refractivity contribution in [3.05, 3.63) is 114 Å². The molecule has 0 aliphatic carbocycles. The lowest BCUT2D eigenvalue weighted by molar-refractivity contribution is 0.0697. The van der Waals surface area contributed by atoms with Crippen LogP contribution in [0.4, 0.5) is 16.2 Å². The van der Waals surface area contributed by atoms with Gasteiger partial charge in [0.1, 0.15) is 0 Å². The molecule has 36 heavy (non-hydrogen) atoms. The number of pyridine rings is 1. The van der Waals surface area contributed by atoms with Crippen LogP contribution in [0.15, 0.2) is 97.5 Å². The number of amides is 2. The van der Waals surface area contributed by atoms with Crippen molar-refractivity contribution in [2.45, 2.75) is 0 Å². The number of fused-ring (bicyclic) bond motifs is 1. The molecule has 0 aliphatic heterocycles. The number of carbonyl (C=O) groups excluding carboxylic acids is 1. The molecule has 174 valence electrons. The Kier molecular flexibility index (Phi) is 6.15. The first-order chi connectivity index (χ1) is 17.6. The van der Waals surface area contributed by atoms with Crippen molar-refractivity contribution in [1.29, 1.82) is 0 Å². The number of carbonyl (C=O) groups is 2. The van der Waals surface area contributed by atoms with Crippen LogP contribution in [0.1, 0.15) is 21.5 Å². The third-order valence-electron chi connectivity index (χ3n) is 5.54. The van der Waals surface area contributed by atoms with E-state index in [1.165, 1.54) is 0 Å². The van der Waals surface area contributed by atoms with Crippen LogP contribution in [0.2, 0.25) is 0 Å². The molecule has 5 rings (SSSR count). The highest BCUT2D eigenvalue weighted by atomic mass is 16.4. The molecule has 4 N–H and O–H groups in total. The van der Waals surface area contributed by atoms with Crippen LogP contribution < -0.4 is 10.6 Å². The van der Waals surface area contributed by atoms with Gasteiger partial charge in [-0.2, -0.15) is 0 Å². The lowest BCUT2D eigenvalue weighted by atomic mass is 9.93. The van der Waals surface area contributed by atoms with Gasteiger partial charge in [0.15, 0.2) is 0 Å². The number of nitrogens with zero attached hydrogens (tertiary/aromatic N) is 1. The number of rotatable bonds is 4. The molecule has 7 heteroatoms. The monoisotopic (exact) mass is 472 g/mol. The second-order valence-corrected chi connectivity index (χ2v) is 7.96. The maximum absolute atomic E-state index is 12.2. The maximum atomic E-state index is 12.2. The molecule has 0 fully saturated rings. The van der Waals surface area contributed by atoms with E-state index in [1.807, 2.05) is 36.5 Å². The molecule has 0 aliphatic rings. The van der Waals surface area contributed by atoms with Crippen LogP contribution in [0, 0.1) is 11.8 Å². The summed E-state index contributed by atoms with van der Waals surface area (Å²) in [5, 5.41) is 16.3. The second-order valence-electron chi connectivity index (χ2n) is 7.96. The highest BCUT2D eigenvalue weighted by Gasteiger charge is 2.15. The molecule has 3 aromatic carbocycles. The minimum Gasteiger partial charge on any atom is -0.478 e. The summed E-state index contributed by atoms with van der Waals surface area (Å²) in [4.78, 5) is 31.3. The van der Waals surface area contributed by atoms with Gasteiger partial charge in [0, 0.05) is 40.3 Å². The number of aromatic nitrogens is 2. The Morgan fingerprint density at radius 1 is 0.861 bits per heavy atom. The van der Waals surface area contributed by atoms with E-state index in [9.17, 15) is 14.7 Å². The van der Waals surface area contributed by atoms with E-state index in [1.54, 1.807) is 60.9 Å². The molecule has 0 spiro atoms. The molecule has 2 aromatic heterocycles. The summed E-state index contributed by atoms with van der Waals surface area (Å²) in [5.74, 6) is 5.22. The maximum Gasteiger partial charge on any atom is 0.336 e. The molecule has 0 saturated carbocycles. The van der Waals surface area contributed by atoms with Gasteiger partial charge < -0.3 is 20.7 Å². The number of carboxylic acids is 1. The van der Waals surface area contributed by atoms with Gasteiger partial charge in [-0.15, -0.1) is 0 Å². The van der Waals surface area contributed by atoms with Gasteiger partial charge in [0.2, 0.25) is 0 Å². The zero-order chi connectivity index (χ0) is 24.9. The summed E-state index contributed by atoms with van der Waals surface area (Å²) < 4.78 is 0. The van der Waals surface area contributed by atoms with Gasteiger partial charge in [0.05, 0.1) is 17.4 Å². The SMILES string of the molecule is O=C(Nc1ccc(C#Cc2cccc(C(=O)O)c2-c2ccc3cc[nH]c3c2)cc1)Nc1cccnc1. The van der Waals surface area contributed by atoms with Crippen LogP contribution in [-0.4, -0.2) is 27.1 Å². The largest absolute Gasteiger partial charge is 0.478 e. The zero-order valence-electron chi connectivity index (χ0n) is 18.9. The third-order valence-corrected chi connectivity index (χ3v) is 5.54. The van der Waals surface area contributed by atoms with Crippen LogP contribution in [0.5, 0.6) is 0 Å². The number of benzene rings is 3. The average Bonchev–Trinajstić information content (AvgIpc) is 3.36. The Labute approximate surface area is 206 Å². The molecule has 2 heterocycles. The van der Waals surface area contributed by atoms with Crippen molar-refractivity contribution < 1.29 is 14.7 Å². The molecule has 0 saturated heterocycles. The van der Waals surface area contributed by atoms with Gasteiger partial charge in [-0.25, -0.2) is 9.59 Å². The van der Waals surface area contributed by atoms with Crippen LogP contribution in [0.3, 0.4) is 0 Å². The zero-order valence-corrected chi connectivity index (χ0v) is 18.9.